The summed E-state index contributed by atoms with van der Waals surface area (Å²) in [5.74, 6) is 1.08. The van der Waals surface area contributed by atoms with Crippen LogP contribution in [0.5, 0.6) is 0 Å². The van der Waals surface area contributed by atoms with Gasteiger partial charge in [0.15, 0.2) is 0 Å². The van der Waals surface area contributed by atoms with Crippen LogP contribution >= 0.6 is 0 Å². The van der Waals surface area contributed by atoms with Crippen LogP contribution < -0.4 is 5.73 Å². The van der Waals surface area contributed by atoms with Gasteiger partial charge in [-0.2, -0.15) is 0 Å². The lowest BCUT2D eigenvalue weighted by molar-refractivity contribution is -0.121. The van der Waals surface area contributed by atoms with Gasteiger partial charge >= 0.3 is 0 Å². The maximum Gasteiger partial charge on any atom is 0.142 e. The quantitative estimate of drug-likeness (QED) is 0.877. The number of likely N-dealkylation sites (tertiary alicyclic amines) is 1. The Labute approximate surface area is 157 Å². The van der Waals surface area contributed by atoms with Gasteiger partial charge in [0.2, 0.25) is 0 Å². The van der Waals surface area contributed by atoms with Crippen molar-refractivity contribution in [3.63, 3.8) is 0 Å². The number of rotatable bonds is 5. The second-order valence-electron chi connectivity index (χ2n) is 7.88. The summed E-state index contributed by atoms with van der Waals surface area (Å²) in [5, 5.41) is 0. The van der Waals surface area contributed by atoms with Crippen molar-refractivity contribution in [1.29, 1.82) is 0 Å². The van der Waals surface area contributed by atoms with Gasteiger partial charge in [0, 0.05) is 24.6 Å². The molecule has 2 N–H and O–H groups in total. The first kappa shape index (κ1) is 16.8. The fourth-order valence-electron chi connectivity index (χ4n) is 4.49. The Hall–Kier alpha value is -2.31. The van der Waals surface area contributed by atoms with Crippen molar-refractivity contribution in [3.8, 4) is 11.3 Å². The summed E-state index contributed by atoms with van der Waals surface area (Å²) < 4.78 is 18.4. The Kier molecular flexibility index (Phi) is 3.98. The number of aromatic nitrogens is 1. The first-order chi connectivity index (χ1) is 13.1. The summed E-state index contributed by atoms with van der Waals surface area (Å²) in [5.41, 5.74) is 8.74. The molecule has 1 aromatic heterocycles. The maximum atomic E-state index is 13.1. The summed E-state index contributed by atoms with van der Waals surface area (Å²) >= 11 is 0. The number of halogens is 1. The summed E-state index contributed by atoms with van der Waals surface area (Å²) in [7, 11) is 0. The molecular formula is C21H22FN3O2. The van der Waals surface area contributed by atoms with Crippen LogP contribution in [0.1, 0.15) is 5.69 Å². The van der Waals surface area contributed by atoms with E-state index in [0.717, 1.165) is 31.9 Å². The number of fused-ring (bicyclic) bond motifs is 1. The number of carbonyl (C=O) groups excluding carboxylic acids is 1. The van der Waals surface area contributed by atoms with Crippen molar-refractivity contribution in [2.75, 3.05) is 32.0 Å². The Bertz CT molecular complexity index is 869. The van der Waals surface area contributed by atoms with Crippen LogP contribution in [-0.4, -0.2) is 48.0 Å². The molecular weight excluding hydrogens is 345 g/mol. The highest BCUT2D eigenvalue weighted by Gasteiger charge is 2.59. The molecule has 2 aliphatic heterocycles. The topological polar surface area (TPSA) is 68.5 Å². The SMILES string of the molecule is Nc1ccc(-c2ccc(F)cc2)nc1CC(=O)C1[C@H]2CN(C3COC3)C[C@@H]12. The first-order valence-corrected chi connectivity index (χ1v) is 9.46. The number of hydrogen-bond donors (Lipinski definition) is 1. The minimum absolute atomic E-state index is 0.151. The molecule has 1 aliphatic carbocycles. The second-order valence-corrected chi connectivity index (χ2v) is 7.88. The van der Waals surface area contributed by atoms with E-state index in [9.17, 15) is 9.18 Å². The normalized spacial score (nSPS) is 27.2. The molecule has 1 unspecified atom stereocenters. The van der Waals surface area contributed by atoms with E-state index in [4.69, 9.17) is 10.5 Å². The highest BCUT2D eigenvalue weighted by molar-refractivity contribution is 5.87. The van der Waals surface area contributed by atoms with Crippen molar-refractivity contribution < 1.29 is 13.9 Å². The molecule has 2 saturated heterocycles. The molecule has 5 nitrogen and oxygen atoms in total. The summed E-state index contributed by atoms with van der Waals surface area (Å²) in [6.07, 6.45) is 0.269. The molecule has 3 atom stereocenters. The van der Waals surface area contributed by atoms with Crippen molar-refractivity contribution in [2.24, 2.45) is 17.8 Å². The number of carbonyl (C=O) groups is 1. The molecule has 0 spiro atoms. The van der Waals surface area contributed by atoms with E-state index in [-0.39, 0.29) is 23.9 Å². The Morgan fingerprint density at radius 1 is 1.15 bits per heavy atom. The Morgan fingerprint density at radius 2 is 1.85 bits per heavy atom. The molecule has 3 heterocycles. The summed E-state index contributed by atoms with van der Waals surface area (Å²) in [6.45, 7) is 3.67. The minimum Gasteiger partial charge on any atom is -0.397 e. The van der Waals surface area contributed by atoms with E-state index in [1.807, 2.05) is 0 Å². The largest absolute Gasteiger partial charge is 0.397 e. The number of benzene rings is 1. The third-order valence-corrected chi connectivity index (χ3v) is 6.22. The van der Waals surface area contributed by atoms with Crippen LogP contribution in [0.15, 0.2) is 36.4 Å². The average molecular weight is 367 g/mol. The fourth-order valence-corrected chi connectivity index (χ4v) is 4.49. The molecule has 0 radical (unpaired) electrons. The van der Waals surface area contributed by atoms with Crippen molar-refractivity contribution in [2.45, 2.75) is 12.5 Å². The Morgan fingerprint density at radius 3 is 2.48 bits per heavy atom. The van der Waals surface area contributed by atoms with Gasteiger partial charge in [-0.15, -0.1) is 0 Å². The predicted molar refractivity (Wildman–Crippen MR) is 99.4 cm³/mol. The van der Waals surface area contributed by atoms with Gasteiger partial charge in [0.25, 0.3) is 0 Å². The van der Waals surface area contributed by atoms with E-state index < -0.39 is 0 Å². The van der Waals surface area contributed by atoms with Crippen molar-refractivity contribution in [3.05, 3.63) is 47.9 Å². The minimum atomic E-state index is -0.285. The number of ketones is 1. The van der Waals surface area contributed by atoms with Gasteiger partial charge in [-0.25, -0.2) is 4.39 Å². The molecule has 27 heavy (non-hydrogen) atoms. The molecule has 3 aliphatic rings. The zero-order valence-corrected chi connectivity index (χ0v) is 15.0. The number of hydrogen-bond acceptors (Lipinski definition) is 5. The Balaban J connectivity index is 1.26. The lowest BCUT2D eigenvalue weighted by Crippen LogP contribution is -2.49. The van der Waals surface area contributed by atoms with Crippen LogP contribution in [0, 0.1) is 23.6 Å². The number of pyridine rings is 1. The number of Topliss-reactive ketones (excluding diaryl/α,β-unsaturated/α-hetero) is 1. The molecule has 0 amide bonds. The highest BCUT2D eigenvalue weighted by Crippen LogP contribution is 2.53. The van der Waals surface area contributed by atoms with E-state index in [0.29, 0.717) is 35.0 Å². The van der Waals surface area contributed by atoms with Crippen LogP contribution in [-0.2, 0) is 16.0 Å². The molecule has 6 heteroatoms. The van der Waals surface area contributed by atoms with Crippen LogP contribution in [0.4, 0.5) is 10.1 Å². The van der Waals surface area contributed by atoms with Gasteiger partial charge < -0.3 is 10.5 Å². The molecule has 2 aromatic rings. The number of nitrogen functional groups attached to an aromatic ring is 1. The maximum absolute atomic E-state index is 13.1. The van der Waals surface area contributed by atoms with Gasteiger partial charge in [0.1, 0.15) is 11.6 Å². The number of nitrogens with two attached hydrogens (primary N) is 1. The smallest absolute Gasteiger partial charge is 0.142 e. The third kappa shape index (κ3) is 3.03. The van der Waals surface area contributed by atoms with E-state index in [2.05, 4.69) is 9.88 Å². The van der Waals surface area contributed by atoms with E-state index in [1.54, 1.807) is 24.3 Å². The molecule has 3 fully saturated rings. The number of piperidine rings is 1. The van der Waals surface area contributed by atoms with Crippen LogP contribution in [0.25, 0.3) is 11.3 Å². The van der Waals surface area contributed by atoms with Crippen molar-refractivity contribution >= 4 is 11.5 Å². The second kappa shape index (κ2) is 6.39. The average Bonchev–Trinajstić information content (AvgIpc) is 3.12. The first-order valence-electron chi connectivity index (χ1n) is 9.46. The lowest BCUT2D eigenvalue weighted by Gasteiger charge is -2.35. The monoisotopic (exact) mass is 367 g/mol. The zero-order valence-electron chi connectivity index (χ0n) is 15.0. The lowest BCUT2D eigenvalue weighted by atomic mass is 10.0. The fraction of sp³-hybridized carbons (Fsp3) is 0.429. The number of ether oxygens (including phenoxy) is 1. The summed E-state index contributed by atoms with van der Waals surface area (Å²) in [4.78, 5) is 19.9. The van der Waals surface area contributed by atoms with Gasteiger partial charge in [-0.05, 0) is 48.2 Å². The van der Waals surface area contributed by atoms with E-state index in [1.165, 1.54) is 12.1 Å². The predicted octanol–water partition coefficient (Wildman–Crippen LogP) is 2.16. The standard InChI is InChI=1S/C21H22FN3O2/c22-13-3-1-12(2-4-13)18-6-5-17(23)19(24-18)7-20(26)21-15-8-25(9-16(15)21)14-10-27-11-14/h1-6,14-16,21H,7-11,23H2/t15-,16+,21?. The molecule has 1 saturated carbocycles. The zero-order chi connectivity index (χ0) is 18.5. The molecule has 0 bridgehead atoms. The van der Waals surface area contributed by atoms with Gasteiger partial charge in [-0.1, -0.05) is 0 Å². The number of anilines is 1. The van der Waals surface area contributed by atoms with Crippen LogP contribution in [0.2, 0.25) is 0 Å². The molecule has 140 valence electrons. The van der Waals surface area contributed by atoms with E-state index >= 15 is 0 Å². The van der Waals surface area contributed by atoms with Gasteiger partial charge in [0.05, 0.1) is 42.8 Å². The van der Waals surface area contributed by atoms with Crippen molar-refractivity contribution in [1.82, 2.24) is 9.88 Å². The molecule has 5 rings (SSSR count). The summed E-state index contributed by atoms with van der Waals surface area (Å²) in [6, 6.07) is 10.3. The number of nitrogens with zero attached hydrogens (tertiary/aromatic N) is 2. The van der Waals surface area contributed by atoms with Gasteiger partial charge in [-0.3, -0.25) is 14.7 Å². The molecule has 1 aromatic carbocycles. The third-order valence-electron chi connectivity index (χ3n) is 6.22. The highest BCUT2D eigenvalue weighted by atomic mass is 19.1. The van der Waals surface area contributed by atoms with Crippen LogP contribution in [0.3, 0.4) is 0 Å².